The Morgan fingerprint density at radius 2 is 1.69 bits per heavy atom. The van der Waals surface area contributed by atoms with Crippen molar-refractivity contribution >= 4 is 49.2 Å². The smallest absolute Gasteiger partial charge is 0.338 e. The highest BCUT2D eigenvalue weighted by molar-refractivity contribution is 7.92. The van der Waals surface area contributed by atoms with Crippen LogP contribution >= 0.6 is 11.3 Å². The molecule has 0 spiro atoms. The summed E-state index contributed by atoms with van der Waals surface area (Å²) in [5.41, 5.74) is 0.824. The molecule has 1 aromatic heterocycles. The quantitative estimate of drug-likeness (QED) is 0.393. The molecule has 0 unspecified atom stereocenters. The minimum absolute atomic E-state index is 0.0448. The highest BCUT2D eigenvalue weighted by atomic mass is 32.2. The zero-order valence-electron chi connectivity index (χ0n) is 19.3. The summed E-state index contributed by atoms with van der Waals surface area (Å²) in [5.74, 6) is -2.36. The lowest BCUT2D eigenvalue weighted by Crippen LogP contribution is -2.24. The predicted octanol–water partition coefficient (Wildman–Crippen LogP) is 2.35. The van der Waals surface area contributed by atoms with Crippen LogP contribution in [0, 0.1) is 0 Å². The molecule has 1 heterocycles. The Kier molecular flexibility index (Phi) is 8.41. The Hall–Kier alpha value is -3.51. The average Bonchev–Trinajstić information content (AvgIpc) is 3.14. The van der Waals surface area contributed by atoms with E-state index < -0.39 is 33.4 Å². The molecule has 0 bridgehead atoms. The molecule has 0 saturated carbocycles. The lowest BCUT2D eigenvalue weighted by molar-refractivity contribution is -0.143. The topological polar surface area (TPSA) is 130 Å². The Balaban J connectivity index is 2.00. The number of methoxy groups -OCH3 is 1. The first-order valence-corrected chi connectivity index (χ1v) is 13.1. The number of amides is 1. The van der Waals surface area contributed by atoms with Crippen LogP contribution in [0.1, 0.15) is 24.2 Å². The number of carbonyl (C=O) groups is 3. The first kappa shape index (κ1) is 26.1. The number of carbonyl (C=O) groups excluding carboxylic acids is 3. The fourth-order valence-electron chi connectivity index (χ4n) is 3.16. The molecule has 3 aromatic rings. The minimum Gasteiger partial charge on any atom is -0.497 e. The molecule has 10 nitrogen and oxygen atoms in total. The monoisotopic (exact) mass is 520 g/mol. The molecule has 0 radical (unpaired) electrons. The number of thiazole rings is 1. The molecule has 0 fully saturated rings. The van der Waals surface area contributed by atoms with Crippen LogP contribution in [0.15, 0.2) is 52.4 Å². The third kappa shape index (κ3) is 6.34. The van der Waals surface area contributed by atoms with Crippen LogP contribution in [0.4, 0.5) is 0 Å². The van der Waals surface area contributed by atoms with Gasteiger partial charge in [0, 0.05) is 0 Å². The van der Waals surface area contributed by atoms with Crippen molar-refractivity contribution in [1.29, 1.82) is 0 Å². The molecule has 0 atom stereocenters. The van der Waals surface area contributed by atoms with Gasteiger partial charge in [0.1, 0.15) is 18.0 Å². The van der Waals surface area contributed by atoms with Crippen LogP contribution in [-0.2, 0) is 35.4 Å². The van der Waals surface area contributed by atoms with Gasteiger partial charge < -0.3 is 18.8 Å². The maximum absolute atomic E-state index is 12.7. The lowest BCUT2D eigenvalue weighted by atomic mass is 10.2. The van der Waals surface area contributed by atoms with Crippen molar-refractivity contribution in [3.05, 3.63) is 52.8 Å². The van der Waals surface area contributed by atoms with Gasteiger partial charge in [0.2, 0.25) is 0 Å². The maximum atomic E-state index is 12.7. The fourth-order valence-corrected chi connectivity index (χ4v) is 5.35. The zero-order chi connectivity index (χ0) is 25.6. The van der Waals surface area contributed by atoms with Crippen molar-refractivity contribution in [2.24, 2.45) is 4.99 Å². The summed E-state index contributed by atoms with van der Waals surface area (Å²) in [6.07, 6.45) is 0. The standard InChI is InChI=1S/C23H24N2O8S2/c1-4-32-21(27)13-25-18-11-6-15(22(28)33-5-2)12-19(18)34-23(25)24-20(26)14-35(29,30)17-9-7-16(31-3)8-10-17/h6-12H,4-5,13-14H2,1-3H3. The summed E-state index contributed by atoms with van der Waals surface area (Å²) in [4.78, 5) is 41.0. The first-order chi connectivity index (χ1) is 16.7. The number of fused-ring (bicyclic) bond motifs is 1. The summed E-state index contributed by atoms with van der Waals surface area (Å²) in [6, 6.07) is 10.4. The summed E-state index contributed by atoms with van der Waals surface area (Å²) >= 11 is 1.04. The second-order valence-corrected chi connectivity index (χ2v) is 10.1. The predicted molar refractivity (Wildman–Crippen MR) is 128 cm³/mol. The Morgan fingerprint density at radius 3 is 2.31 bits per heavy atom. The lowest BCUT2D eigenvalue weighted by Gasteiger charge is -2.06. The van der Waals surface area contributed by atoms with Gasteiger partial charge in [-0.25, -0.2) is 13.2 Å². The van der Waals surface area contributed by atoms with Gasteiger partial charge in [-0.05, 0) is 56.3 Å². The van der Waals surface area contributed by atoms with Crippen LogP contribution in [0.25, 0.3) is 10.2 Å². The van der Waals surface area contributed by atoms with Gasteiger partial charge in [-0.15, -0.1) is 0 Å². The highest BCUT2D eigenvalue weighted by Crippen LogP contribution is 2.21. The first-order valence-electron chi connectivity index (χ1n) is 10.6. The molecule has 186 valence electrons. The van der Waals surface area contributed by atoms with Gasteiger partial charge in [-0.1, -0.05) is 11.3 Å². The molecule has 12 heteroatoms. The van der Waals surface area contributed by atoms with Crippen molar-refractivity contribution in [1.82, 2.24) is 4.57 Å². The zero-order valence-corrected chi connectivity index (χ0v) is 21.0. The molecule has 0 aliphatic heterocycles. The minimum atomic E-state index is -3.96. The number of rotatable bonds is 9. The number of aromatic nitrogens is 1. The van der Waals surface area contributed by atoms with E-state index in [0.29, 0.717) is 21.5 Å². The summed E-state index contributed by atoms with van der Waals surface area (Å²) in [7, 11) is -2.50. The molecular formula is C23H24N2O8S2. The number of nitrogens with zero attached hydrogens (tertiary/aromatic N) is 2. The Labute approximate surface area is 205 Å². The second kappa shape index (κ2) is 11.3. The fraction of sp³-hybridized carbons (Fsp3) is 0.304. The van der Waals surface area contributed by atoms with E-state index in [2.05, 4.69) is 4.99 Å². The van der Waals surface area contributed by atoms with E-state index in [1.165, 1.54) is 42.0 Å². The molecule has 0 aliphatic rings. The molecule has 0 saturated heterocycles. The van der Waals surface area contributed by atoms with Crippen molar-refractivity contribution in [2.75, 3.05) is 26.1 Å². The molecule has 2 aromatic carbocycles. The second-order valence-electron chi connectivity index (χ2n) is 7.12. The Bertz CT molecular complexity index is 1420. The molecular weight excluding hydrogens is 496 g/mol. The van der Waals surface area contributed by atoms with E-state index in [1.807, 2.05) is 0 Å². The number of ether oxygens (including phenoxy) is 3. The van der Waals surface area contributed by atoms with Crippen LogP contribution in [0.5, 0.6) is 5.75 Å². The highest BCUT2D eigenvalue weighted by Gasteiger charge is 2.20. The van der Waals surface area contributed by atoms with Crippen molar-refractivity contribution in [3.63, 3.8) is 0 Å². The van der Waals surface area contributed by atoms with Crippen molar-refractivity contribution < 1.29 is 37.0 Å². The van der Waals surface area contributed by atoms with Gasteiger partial charge in [0.25, 0.3) is 5.91 Å². The van der Waals surface area contributed by atoms with E-state index in [-0.39, 0.29) is 29.5 Å². The van der Waals surface area contributed by atoms with Gasteiger partial charge >= 0.3 is 11.9 Å². The average molecular weight is 521 g/mol. The van der Waals surface area contributed by atoms with E-state index in [9.17, 15) is 22.8 Å². The molecule has 35 heavy (non-hydrogen) atoms. The number of esters is 2. The van der Waals surface area contributed by atoms with Crippen LogP contribution in [0.2, 0.25) is 0 Å². The Morgan fingerprint density at radius 1 is 1.00 bits per heavy atom. The third-order valence-electron chi connectivity index (χ3n) is 4.74. The van der Waals surface area contributed by atoms with Gasteiger partial charge in [0.15, 0.2) is 14.6 Å². The summed E-state index contributed by atoms with van der Waals surface area (Å²) in [5, 5.41) is 0. The van der Waals surface area contributed by atoms with Gasteiger partial charge in [-0.3, -0.25) is 9.59 Å². The van der Waals surface area contributed by atoms with Gasteiger partial charge in [-0.2, -0.15) is 4.99 Å². The van der Waals surface area contributed by atoms with E-state index in [1.54, 1.807) is 26.0 Å². The van der Waals surface area contributed by atoms with Crippen LogP contribution in [-0.4, -0.2) is 56.9 Å². The molecule has 3 rings (SSSR count). The number of benzene rings is 2. The summed E-state index contributed by atoms with van der Waals surface area (Å²) < 4.78 is 42.4. The normalized spacial score (nSPS) is 11.9. The van der Waals surface area contributed by atoms with Gasteiger partial charge in [0.05, 0.1) is 41.0 Å². The number of hydrogen-bond donors (Lipinski definition) is 0. The van der Waals surface area contributed by atoms with Crippen molar-refractivity contribution in [2.45, 2.75) is 25.3 Å². The summed E-state index contributed by atoms with van der Waals surface area (Å²) in [6.45, 7) is 3.49. The largest absolute Gasteiger partial charge is 0.497 e. The van der Waals surface area contributed by atoms with Crippen LogP contribution in [0.3, 0.4) is 0 Å². The third-order valence-corrected chi connectivity index (χ3v) is 7.40. The maximum Gasteiger partial charge on any atom is 0.338 e. The SMILES string of the molecule is CCOC(=O)Cn1c(=NC(=O)CS(=O)(=O)c2ccc(OC)cc2)sc2cc(C(=O)OCC)ccc21. The number of sulfone groups is 1. The van der Waals surface area contributed by atoms with E-state index in [4.69, 9.17) is 14.2 Å². The van der Waals surface area contributed by atoms with Crippen molar-refractivity contribution in [3.8, 4) is 5.75 Å². The van der Waals surface area contributed by atoms with E-state index in [0.717, 1.165) is 11.3 Å². The van der Waals surface area contributed by atoms with Crippen LogP contribution < -0.4 is 9.54 Å². The molecule has 1 amide bonds. The molecule has 0 aliphatic carbocycles. The van der Waals surface area contributed by atoms with E-state index >= 15 is 0 Å². The number of hydrogen-bond acceptors (Lipinski definition) is 9. The molecule has 0 N–H and O–H groups in total.